The Morgan fingerprint density at radius 3 is 2.93 bits per heavy atom. The highest BCUT2D eigenvalue weighted by atomic mass is 16.5. The van der Waals surface area contributed by atoms with E-state index in [0.29, 0.717) is 19.6 Å². The molecule has 1 heterocycles. The van der Waals surface area contributed by atoms with Crippen LogP contribution in [0.2, 0.25) is 0 Å². The summed E-state index contributed by atoms with van der Waals surface area (Å²) in [5.74, 6) is 0.805. The highest BCUT2D eigenvalue weighted by Crippen LogP contribution is 2.31. The Bertz CT molecular complexity index is 220. The summed E-state index contributed by atoms with van der Waals surface area (Å²) < 4.78 is 5.14. The normalized spacial score (nSPS) is 31.8. The third kappa shape index (κ3) is 2.25. The minimum atomic E-state index is -0.760. The average molecular weight is 198 g/mol. The molecule has 2 fully saturated rings. The number of carbonyl (C=O) groups excluding carboxylic acids is 1. The monoisotopic (exact) mass is 198 g/mol. The highest BCUT2D eigenvalue weighted by molar-refractivity contribution is 5.86. The molecule has 0 aromatic rings. The van der Waals surface area contributed by atoms with Gasteiger partial charge in [0.15, 0.2) is 0 Å². The summed E-state index contributed by atoms with van der Waals surface area (Å²) >= 11 is 0. The number of hydrogen-bond donors (Lipinski definition) is 2. The second kappa shape index (κ2) is 3.87. The molecule has 2 aliphatic rings. The molecule has 1 aliphatic heterocycles. The van der Waals surface area contributed by atoms with Crippen LogP contribution in [0.3, 0.4) is 0 Å². The number of ether oxygens (including phenoxy) is 1. The van der Waals surface area contributed by atoms with Crippen LogP contribution in [0.5, 0.6) is 0 Å². The Morgan fingerprint density at radius 2 is 2.36 bits per heavy atom. The van der Waals surface area contributed by atoms with Crippen molar-refractivity contribution in [3.05, 3.63) is 0 Å². The van der Waals surface area contributed by atoms with Crippen LogP contribution < -0.4 is 11.1 Å². The molecular formula is C10H18N2O2. The molecular weight excluding hydrogens is 180 g/mol. The van der Waals surface area contributed by atoms with Crippen LogP contribution in [0, 0.1) is 5.92 Å². The maximum atomic E-state index is 11.7. The van der Waals surface area contributed by atoms with Crippen molar-refractivity contribution in [2.75, 3.05) is 19.8 Å². The van der Waals surface area contributed by atoms with Crippen molar-refractivity contribution >= 4 is 5.91 Å². The third-order valence-electron chi connectivity index (χ3n) is 3.04. The van der Waals surface area contributed by atoms with Gasteiger partial charge in [0.2, 0.25) is 5.91 Å². The number of carbonyl (C=O) groups is 1. The predicted octanol–water partition coefficient (Wildman–Crippen LogP) is 0.0205. The first kappa shape index (κ1) is 9.93. The van der Waals surface area contributed by atoms with Gasteiger partial charge in [-0.1, -0.05) is 12.8 Å². The molecule has 14 heavy (non-hydrogen) atoms. The number of nitrogens with one attached hydrogen (secondary N) is 1. The van der Waals surface area contributed by atoms with E-state index in [1.54, 1.807) is 0 Å². The Morgan fingerprint density at radius 1 is 1.57 bits per heavy atom. The average Bonchev–Trinajstić information content (AvgIpc) is 2.88. The summed E-state index contributed by atoms with van der Waals surface area (Å²) in [4.78, 5) is 11.7. The number of amides is 1. The van der Waals surface area contributed by atoms with Gasteiger partial charge in [-0.15, -0.1) is 0 Å². The van der Waals surface area contributed by atoms with E-state index in [0.717, 1.165) is 18.9 Å². The van der Waals surface area contributed by atoms with Gasteiger partial charge in [-0.05, 0) is 18.8 Å². The van der Waals surface area contributed by atoms with Crippen LogP contribution >= 0.6 is 0 Å². The van der Waals surface area contributed by atoms with E-state index in [9.17, 15) is 4.79 Å². The number of nitrogens with two attached hydrogens (primary N) is 1. The number of hydrogen-bond acceptors (Lipinski definition) is 3. The first-order valence-electron chi connectivity index (χ1n) is 5.36. The molecule has 0 radical (unpaired) electrons. The summed E-state index contributed by atoms with van der Waals surface area (Å²) in [5, 5.41) is 2.89. The fourth-order valence-electron chi connectivity index (χ4n) is 1.73. The summed E-state index contributed by atoms with van der Waals surface area (Å²) in [6.45, 7) is 1.73. The Balaban J connectivity index is 1.70. The molecule has 0 aromatic heterocycles. The zero-order valence-corrected chi connectivity index (χ0v) is 8.42. The van der Waals surface area contributed by atoms with E-state index < -0.39 is 5.54 Å². The fourth-order valence-corrected chi connectivity index (χ4v) is 1.73. The fraction of sp³-hybridized carbons (Fsp3) is 0.900. The third-order valence-corrected chi connectivity index (χ3v) is 3.04. The lowest BCUT2D eigenvalue weighted by Crippen LogP contribution is -2.54. The Hall–Kier alpha value is -0.610. The first-order valence-corrected chi connectivity index (χ1v) is 5.36. The number of rotatable bonds is 4. The lowest BCUT2D eigenvalue weighted by Gasteiger charge is -2.20. The Kier molecular flexibility index (Phi) is 2.74. The molecule has 1 saturated carbocycles. The maximum Gasteiger partial charge on any atom is 0.242 e. The van der Waals surface area contributed by atoms with Gasteiger partial charge >= 0.3 is 0 Å². The van der Waals surface area contributed by atoms with Crippen LogP contribution in [0.4, 0.5) is 0 Å². The Labute approximate surface area is 84.2 Å². The van der Waals surface area contributed by atoms with E-state index in [4.69, 9.17) is 10.5 Å². The second-order valence-electron chi connectivity index (χ2n) is 4.45. The van der Waals surface area contributed by atoms with Gasteiger partial charge in [0.1, 0.15) is 5.54 Å². The quantitative estimate of drug-likeness (QED) is 0.669. The highest BCUT2D eigenvalue weighted by Gasteiger charge is 2.38. The zero-order valence-electron chi connectivity index (χ0n) is 8.42. The summed E-state index contributed by atoms with van der Waals surface area (Å²) in [6.07, 6.45) is 4.39. The summed E-state index contributed by atoms with van der Waals surface area (Å²) in [5.41, 5.74) is 5.14. The molecule has 2 rings (SSSR count). The van der Waals surface area contributed by atoms with E-state index in [1.165, 1.54) is 12.8 Å². The largest absolute Gasteiger partial charge is 0.379 e. The SMILES string of the molecule is NC1(C(=O)NCCC2CC2)CCOC1. The van der Waals surface area contributed by atoms with Crippen molar-refractivity contribution in [3.63, 3.8) is 0 Å². The minimum absolute atomic E-state index is 0.0457. The van der Waals surface area contributed by atoms with Crippen LogP contribution in [0.15, 0.2) is 0 Å². The molecule has 80 valence electrons. The smallest absolute Gasteiger partial charge is 0.242 e. The minimum Gasteiger partial charge on any atom is -0.379 e. The molecule has 1 aliphatic carbocycles. The molecule has 4 heteroatoms. The van der Waals surface area contributed by atoms with E-state index in [2.05, 4.69) is 5.32 Å². The van der Waals surface area contributed by atoms with E-state index in [-0.39, 0.29) is 5.91 Å². The van der Waals surface area contributed by atoms with E-state index >= 15 is 0 Å². The van der Waals surface area contributed by atoms with Gasteiger partial charge in [0.25, 0.3) is 0 Å². The summed E-state index contributed by atoms with van der Waals surface area (Å²) in [7, 11) is 0. The molecule has 4 nitrogen and oxygen atoms in total. The van der Waals surface area contributed by atoms with Crippen LogP contribution in [-0.4, -0.2) is 31.2 Å². The second-order valence-corrected chi connectivity index (χ2v) is 4.45. The molecule has 1 unspecified atom stereocenters. The van der Waals surface area contributed by atoms with Gasteiger partial charge < -0.3 is 15.8 Å². The van der Waals surface area contributed by atoms with Crippen LogP contribution in [0.25, 0.3) is 0 Å². The zero-order chi connectivity index (χ0) is 10.0. The standard InChI is InChI=1S/C10H18N2O2/c11-10(4-6-14-7-10)9(13)12-5-3-8-1-2-8/h8H,1-7,11H2,(H,12,13). The van der Waals surface area contributed by atoms with Crippen molar-refractivity contribution < 1.29 is 9.53 Å². The molecule has 3 N–H and O–H groups in total. The topological polar surface area (TPSA) is 64.4 Å². The molecule has 0 aromatic carbocycles. The van der Waals surface area contributed by atoms with Crippen LogP contribution in [0.1, 0.15) is 25.7 Å². The van der Waals surface area contributed by atoms with E-state index in [1.807, 2.05) is 0 Å². The maximum absolute atomic E-state index is 11.7. The van der Waals surface area contributed by atoms with Crippen molar-refractivity contribution in [3.8, 4) is 0 Å². The molecule has 1 amide bonds. The van der Waals surface area contributed by atoms with Gasteiger partial charge in [0.05, 0.1) is 6.61 Å². The molecule has 0 bridgehead atoms. The van der Waals surface area contributed by atoms with Crippen molar-refractivity contribution in [1.82, 2.24) is 5.32 Å². The van der Waals surface area contributed by atoms with Gasteiger partial charge in [-0.2, -0.15) is 0 Å². The van der Waals surface area contributed by atoms with Gasteiger partial charge in [-0.25, -0.2) is 0 Å². The lowest BCUT2D eigenvalue weighted by atomic mass is 9.99. The molecule has 1 saturated heterocycles. The molecule has 1 atom stereocenters. The van der Waals surface area contributed by atoms with Crippen LogP contribution in [-0.2, 0) is 9.53 Å². The summed E-state index contributed by atoms with van der Waals surface area (Å²) in [6, 6.07) is 0. The van der Waals surface area contributed by atoms with Gasteiger partial charge in [0, 0.05) is 13.2 Å². The van der Waals surface area contributed by atoms with Crippen molar-refractivity contribution in [2.45, 2.75) is 31.2 Å². The first-order chi connectivity index (χ1) is 6.71. The van der Waals surface area contributed by atoms with Crippen molar-refractivity contribution in [1.29, 1.82) is 0 Å². The lowest BCUT2D eigenvalue weighted by molar-refractivity contribution is -0.126. The van der Waals surface area contributed by atoms with Crippen molar-refractivity contribution in [2.24, 2.45) is 11.7 Å². The predicted molar refractivity (Wildman–Crippen MR) is 52.7 cm³/mol. The molecule has 0 spiro atoms. The van der Waals surface area contributed by atoms with Gasteiger partial charge in [-0.3, -0.25) is 4.79 Å².